The van der Waals surface area contributed by atoms with Crippen molar-refractivity contribution in [1.29, 1.82) is 0 Å². The van der Waals surface area contributed by atoms with E-state index in [0.717, 1.165) is 4.68 Å². The average molecular weight is 413 g/mol. The summed E-state index contributed by atoms with van der Waals surface area (Å²) in [5.74, 6) is 0.229. The Morgan fingerprint density at radius 2 is 1.67 bits per heavy atom. The number of carbonyl (C=O) groups excluding carboxylic acids is 1. The lowest BCUT2D eigenvalue weighted by molar-refractivity contribution is -0.122. The summed E-state index contributed by atoms with van der Waals surface area (Å²) in [6, 6.07) is 12.8. The minimum Gasteiger partial charge on any atom is -0.497 e. The van der Waals surface area contributed by atoms with Crippen molar-refractivity contribution in [3.8, 4) is 23.1 Å². The van der Waals surface area contributed by atoms with Gasteiger partial charge in [0.25, 0.3) is 11.5 Å². The van der Waals surface area contributed by atoms with E-state index in [9.17, 15) is 14.0 Å². The molecule has 0 saturated heterocycles. The summed E-state index contributed by atoms with van der Waals surface area (Å²) in [6.45, 7) is 1.54. The molecule has 1 aromatic heterocycles. The van der Waals surface area contributed by atoms with E-state index < -0.39 is 23.4 Å². The molecule has 156 valence electrons. The second-order valence-electron chi connectivity index (χ2n) is 6.25. The fourth-order valence-electron chi connectivity index (χ4n) is 2.58. The molecular weight excluding hydrogens is 393 g/mol. The topological polar surface area (TPSA) is 91.7 Å². The molecule has 1 atom stereocenters. The van der Waals surface area contributed by atoms with Gasteiger partial charge in [-0.15, -0.1) is 5.10 Å². The van der Waals surface area contributed by atoms with Crippen LogP contribution in [-0.4, -0.2) is 36.0 Å². The number of halogens is 1. The Kier molecular flexibility index (Phi) is 6.31. The third kappa shape index (κ3) is 4.93. The van der Waals surface area contributed by atoms with Crippen molar-refractivity contribution in [1.82, 2.24) is 9.78 Å². The number of amides is 1. The maximum Gasteiger partial charge on any atom is 0.271 e. The van der Waals surface area contributed by atoms with E-state index >= 15 is 0 Å². The van der Waals surface area contributed by atoms with Gasteiger partial charge in [0.1, 0.15) is 17.3 Å². The monoisotopic (exact) mass is 413 g/mol. The zero-order valence-electron chi connectivity index (χ0n) is 16.6. The van der Waals surface area contributed by atoms with Crippen LogP contribution in [0.5, 0.6) is 17.4 Å². The van der Waals surface area contributed by atoms with Gasteiger partial charge in [0.2, 0.25) is 5.88 Å². The molecule has 0 unspecified atom stereocenters. The number of anilines is 1. The highest BCUT2D eigenvalue weighted by Gasteiger charge is 2.17. The van der Waals surface area contributed by atoms with Crippen LogP contribution in [0.1, 0.15) is 6.92 Å². The molecule has 9 heteroatoms. The van der Waals surface area contributed by atoms with Crippen molar-refractivity contribution in [3.63, 3.8) is 0 Å². The molecule has 1 amide bonds. The van der Waals surface area contributed by atoms with Crippen molar-refractivity contribution in [3.05, 3.63) is 70.8 Å². The molecule has 30 heavy (non-hydrogen) atoms. The van der Waals surface area contributed by atoms with Gasteiger partial charge in [-0.1, -0.05) is 0 Å². The lowest BCUT2D eigenvalue weighted by Crippen LogP contribution is -2.31. The summed E-state index contributed by atoms with van der Waals surface area (Å²) in [5.41, 5.74) is 0.415. The molecule has 0 bridgehead atoms. The Morgan fingerprint density at radius 3 is 2.27 bits per heavy atom. The number of methoxy groups -OCH3 is 2. The smallest absolute Gasteiger partial charge is 0.271 e. The molecular formula is C21H20FN3O5. The maximum absolute atomic E-state index is 13.1. The van der Waals surface area contributed by atoms with Crippen LogP contribution in [0.3, 0.4) is 0 Å². The summed E-state index contributed by atoms with van der Waals surface area (Å²) in [5, 5.41) is 6.81. The van der Waals surface area contributed by atoms with Crippen LogP contribution in [0.25, 0.3) is 5.69 Å². The van der Waals surface area contributed by atoms with E-state index in [0.29, 0.717) is 22.9 Å². The number of nitrogens with zero attached hydrogens (tertiary/aromatic N) is 2. The first kappa shape index (κ1) is 20.8. The molecule has 0 aliphatic heterocycles. The zero-order valence-corrected chi connectivity index (χ0v) is 16.6. The van der Waals surface area contributed by atoms with Gasteiger partial charge in [-0.2, -0.15) is 4.68 Å². The quantitative estimate of drug-likeness (QED) is 0.641. The zero-order chi connectivity index (χ0) is 21.7. The molecule has 0 aliphatic rings. The molecule has 8 nitrogen and oxygen atoms in total. The van der Waals surface area contributed by atoms with Crippen LogP contribution >= 0.6 is 0 Å². The maximum atomic E-state index is 13.1. The lowest BCUT2D eigenvalue weighted by atomic mass is 10.2. The van der Waals surface area contributed by atoms with Gasteiger partial charge in [-0.3, -0.25) is 9.59 Å². The molecule has 3 aromatic rings. The van der Waals surface area contributed by atoms with Crippen molar-refractivity contribution < 1.29 is 23.4 Å². The number of hydrogen-bond acceptors (Lipinski definition) is 6. The molecule has 0 fully saturated rings. The van der Waals surface area contributed by atoms with E-state index in [4.69, 9.17) is 14.2 Å². The van der Waals surface area contributed by atoms with Crippen LogP contribution in [0, 0.1) is 5.82 Å². The Hall–Kier alpha value is -3.88. The van der Waals surface area contributed by atoms with Gasteiger partial charge >= 0.3 is 0 Å². The van der Waals surface area contributed by atoms with Crippen LogP contribution in [0.4, 0.5) is 10.1 Å². The Labute approximate surface area is 171 Å². The van der Waals surface area contributed by atoms with Gasteiger partial charge in [0.15, 0.2) is 6.10 Å². The van der Waals surface area contributed by atoms with E-state index in [-0.39, 0.29) is 5.88 Å². The molecule has 0 aliphatic carbocycles. The number of ether oxygens (including phenoxy) is 3. The summed E-state index contributed by atoms with van der Waals surface area (Å²) in [7, 11) is 3.02. The largest absolute Gasteiger partial charge is 0.497 e. The standard InChI is InChI=1S/C21H20FN3O5/c1-13(21(27)23-15-10-17(28-2)12-18(11-15)29-3)30-19-8-9-20(26)25(24-19)16-6-4-14(22)5-7-16/h4-13H,1-3H3,(H,23,27)/t13-/m1/s1. The highest BCUT2D eigenvalue weighted by Crippen LogP contribution is 2.26. The highest BCUT2D eigenvalue weighted by molar-refractivity contribution is 5.94. The van der Waals surface area contributed by atoms with Gasteiger partial charge in [-0.05, 0) is 31.2 Å². The summed E-state index contributed by atoms with van der Waals surface area (Å²) < 4.78 is 30.1. The Morgan fingerprint density at radius 1 is 1.03 bits per heavy atom. The number of rotatable bonds is 7. The van der Waals surface area contributed by atoms with Gasteiger partial charge in [-0.25, -0.2) is 4.39 Å². The van der Waals surface area contributed by atoms with Crippen LogP contribution < -0.4 is 25.1 Å². The fraction of sp³-hybridized carbons (Fsp3) is 0.190. The van der Waals surface area contributed by atoms with Gasteiger partial charge < -0.3 is 19.5 Å². The van der Waals surface area contributed by atoms with E-state index in [1.807, 2.05) is 0 Å². The molecule has 2 aromatic carbocycles. The number of carbonyl (C=O) groups is 1. The number of nitrogens with one attached hydrogen (secondary N) is 1. The van der Waals surface area contributed by atoms with Crippen LogP contribution in [-0.2, 0) is 4.79 Å². The first-order chi connectivity index (χ1) is 14.4. The Balaban J connectivity index is 1.75. The van der Waals surface area contributed by atoms with Gasteiger partial charge in [0, 0.05) is 36.0 Å². The minimum absolute atomic E-state index is 0.0600. The second kappa shape index (κ2) is 9.08. The first-order valence-electron chi connectivity index (χ1n) is 8.96. The molecule has 3 rings (SSSR count). The molecule has 0 spiro atoms. The summed E-state index contributed by atoms with van der Waals surface area (Å²) >= 11 is 0. The summed E-state index contributed by atoms with van der Waals surface area (Å²) in [4.78, 5) is 24.6. The number of hydrogen-bond donors (Lipinski definition) is 1. The van der Waals surface area contributed by atoms with E-state index in [2.05, 4.69) is 10.4 Å². The minimum atomic E-state index is -0.922. The SMILES string of the molecule is COc1cc(NC(=O)[C@@H](C)Oc2ccc(=O)n(-c3ccc(F)cc3)n2)cc(OC)c1. The van der Waals surface area contributed by atoms with Crippen LogP contribution in [0.2, 0.25) is 0 Å². The fourth-order valence-corrected chi connectivity index (χ4v) is 2.58. The summed E-state index contributed by atoms with van der Waals surface area (Å²) in [6.07, 6.45) is -0.922. The molecule has 0 saturated carbocycles. The molecule has 1 N–H and O–H groups in total. The third-order valence-electron chi connectivity index (χ3n) is 4.13. The van der Waals surface area contributed by atoms with Crippen LogP contribution in [0.15, 0.2) is 59.4 Å². The van der Waals surface area contributed by atoms with Crippen molar-refractivity contribution in [2.24, 2.45) is 0 Å². The first-order valence-corrected chi connectivity index (χ1v) is 8.96. The third-order valence-corrected chi connectivity index (χ3v) is 4.13. The number of benzene rings is 2. The molecule has 0 radical (unpaired) electrons. The van der Waals surface area contributed by atoms with E-state index in [1.165, 1.54) is 50.6 Å². The Bertz CT molecular complexity index is 1080. The van der Waals surface area contributed by atoms with E-state index in [1.54, 1.807) is 25.1 Å². The predicted octanol–water partition coefficient (Wildman–Crippen LogP) is 2.79. The lowest BCUT2D eigenvalue weighted by Gasteiger charge is -2.15. The highest BCUT2D eigenvalue weighted by atomic mass is 19.1. The van der Waals surface area contributed by atoms with Crippen molar-refractivity contribution >= 4 is 11.6 Å². The van der Waals surface area contributed by atoms with Crippen molar-refractivity contribution in [2.75, 3.05) is 19.5 Å². The van der Waals surface area contributed by atoms with Gasteiger partial charge in [0.05, 0.1) is 19.9 Å². The number of aromatic nitrogens is 2. The second-order valence-corrected chi connectivity index (χ2v) is 6.25. The normalized spacial score (nSPS) is 11.5. The predicted molar refractivity (Wildman–Crippen MR) is 108 cm³/mol. The average Bonchev–Trinajstić information content (AvgIpc) is 2.75. The molecule has 1 heterocycles. The van der Waals surface area contributed by atoms with Crippen molar-refractivity contribution in [2.45, 2.75) is 13.0 Å².